The Morgan fingerprint density at radius 3 is 2.89 bits per heavy atom. The van der Waals surface area contributed by atoms with Crippen LogP contribution in [0.3, 0.4) is 0 Å². The lowest BCUT2D eigenvalue weighted by molar-refractivity contribution is 0.222. The summed E-state index contributed by atoms with van der Waals surface area (Å²) in [5, 5.41) is 3.50. The van der Waals surface area contributed by atoms with Crippen LogP contribution in [0.4, 0.5) is 4.39 Å². The van der Waals surface area contributed by atoms with Crippen LogP contribution in [-0.4, -0.2) is 6.54 Å². The van der Waals surface area contributed by atoms with E-state index in [-0.39, 0.29) is 11.9 Å². The molecule has 0 heterocycles. The highest BCUT2D eigenvalue weighted by Crippen LogP contribution is 2.38. The highest BCUT2D eigenvalue weighted by Gasteiger charge is 2.29. The van der Waals surface area contributed by atoms with Crippen molar-refractivity contribution in [2.75, 3.05) is 6.54 Å². The van der Waals surface area contributed by atoms with Crippen LogP contribution in [0.2, 0.25) is 0 Å². The van der Waals surface area contributed by atoms with E-state index in [0.29, 0.717) is 5.92 Å². The summed E-state index contributed by atoms with van der Waals surface area (Å²) in [6.45, 7) is 5.28. The van der Waals surface area contributed by atoms with Crippen LogP contribution in [0.15, 0.2) is 22.7 Å². The summed E-state index contributed by atoms with van der Waals surface area (Å²) in [6.07, 6.45) is 4.98. The lowest BCUT2D eigenvalue weighted by atomic mass is 9.76. The standard InChI is InChI=1S/C16H23BrFN/c1-3-19-16(12-6-4-5-11(2)9-12)14-10-13(17)7-8-15(14)18/h7-8,10-12,16,19H,3-6,9H2,1-2H3. The predicted octanol–water partition coefficient (Wildman–Crippen LogP) is 5.07. The maximum Gasteiger partial charge on any atom is 0.128 e. The van der Waals surface area contributed by atoms with Crippen LogP contribution in [0.25, 0.3) is 0 Å². The Morgan fingerprint density at radius 1 is 1.42 bits per heavy atom. The highest BCUT2D eigenvalue weighted by atomic mass is 79.9. The van der Waals surface area contributed by atoms with Gasteiger partial charge in [-0.1, -0.05) is 42.6 Å². The largest absolute Gasteiger partial charge is 0.310 e. The van der Waals surface area contributed by atoms with Crippen molar-refractivity contribution in [3.8, 4) is 0 Å². The molecule has 0 radical (unpaired) electrons. The summed E-state index contributed by atoms with van der Waals surface area (Å²) in [4.78, 5) is 0. The first-order valence-corrected chi connectivity index (χ1v) is 8.09. The fourth-order valence-corrected chi connectivity index (χ4v) is 3.67. The lowest BCUT2D eigenvalue weighted by Crippen LogP contribution is -2.32. The van der Waals surface area contributed by atoms with Crippen LogP contribution in [-0.2, 0) is 0 Å². The van der Waals surface area contributed by atoms with Crippen molar-refractivity contribution in [3.63, 3.8) is 0 Å². The van der Waals surface area contributed by atoms with Gasteiger partial charge in [0.15, 0.2) is 0 Å². The van der Waals surface area contributed by atoms with E-state index >= 15 is 0 Å². The Balaban J connectivity index is 2.25. The van der Waals surface area contributed by atoms with Gasteiger partial charge in [-0.2, -0.15) is 0 Å². The van der Waals surface area contributed by atoms with Crippen LogP contribution in [0.1, 0.15) is 51.1 Å². The third-order valence-electron chi connectivity index (χ3n) is 4.17. The maximum atomic E-state index is 14.1. The fourth-order valence-electron chi connectivity index (χ4n) is 3.29. The number of halogens is 2. The Hall–Kier alpha value is -0.410. The number of benzene rings is 1. The molecule has 1 saturated carbocycles. The van der Waals surface area contributed by atoms with Crippen molar-refractivity contribution in [2.45, 2.75) is 45.6 Å². The van der Waals surface area contributed by atoms with Crippen molar-refractivity contribution in [2.24, 2.45) is 11.8 Å². The zero-order valence-electron chi connectivity index (χ0n) is 11.8. The molecule has 0 amide bonds. The molecule has 0 bridgehead atoms. The van der Waals surface area contributed by atoms with Gasteiger partial charge in [-0.25, -0.2) is 4.39 Å². The summed E-state index contributed by atoms with van der Waals surface area (Å²) in [7, 11) is 0. The third-order valence-corrected chi connectivity index (χ3v) is 4.66. The van der Waals surface area contributed by atoms with Crippen molar-refractivity contribution >= 4 is 15.9 Å². The molecule has 1 aliphatic rings. The van der Waals surface area contributed by atoms with Crippen molar-refractivity contribution in [1.82, 2.24) is 5.32 Å². The SMILES string of the molecule is CCNC(c1cc(Br)ccc1F)C1CCCC(C)C1. The van der Waals surface area contributed by atoms with E-state index < -0.39 is 0 Å². The third kappa shape index (κ3) is 3.79. The molecule has 3 unspecified atom stereocenters. The van der Waals surface area contributed by atoms with Gasteiger partial charge in [0.2, 0.25) is 0 Å². The van der Waals surface area contributed by atoms with E-state index in [0.717, 1.165) is 22.5 Å². The van der Waals surface area contributed by atoms with E-state index in [4.69, 9.17) is 0 Å². The van der Waals surface area contributed by atoms with Gasteiger partial charge in [0.1, 0.15) is 5.82 Å². The van der Waals surface area contributed by atoms with E-state index in [1.807, 2.05) is 6.07 Å². The van der Waals surface area contributed by atoms with Gasteiger partial charge in [0.05, 0.1) is 0 Å². The fraction of sp³-hybridized carbons (Fsp3) is 0.625. The Kier molecular flexibility index (Phi) is 5.40. The lowest BCUT2D eigenvalue weighted by Gasteiger charge is -2.34. The zero-order valence-corrected chi connectivity index (χ0v) is 13.3. The molecule has 1 aliphatic carbocycles. The normalized spacial score (nSPS) is 25.3. The van der Waals surface area contributed by atoms with Crippen molar-refractivity contribution < 1.29 is 4.39 Å². The molecule has 1 N–H and O–H groups in total. The Labute approximate surface area is 124 Å². The van der Waals surface area contributed by atoms with Gasteiger partial charge in [0, 0.05) is 16.1 Å². The van der Waals surface area contributed by atoms with Gasteiger partial charge in [-0.05, 0) is 49.4 Å². The molecular formula is C16H23BrFN. The van der Waals surface area contributed by atoms with Gasteiger partial charge in [-0.3, -0.25) is 0 Å². The summed E-state index contributed by atoms with van der Waals surface area (Å²) in [5.74, 6) is 1.22. The van der Waals surface area contributed by atoms with Crippen LogP contribution in [0, 0.1) is 17.7 Å². The minimum Gasteiger partial charge on any atom is -0.310 e. The highest BCUT2D eigenvalue weighted by molar-refractivity contribution is 9.10. The topological polar surface area (TPSA) is 12.0 Å². The average Bonchev–Trinajstić information content (AvgIpc) is 2.39. The molecule has 3 heteroatoms. The number of rotatable bonds is 4. The van der Waals surface area contributed by atoms with Gasteiger partial charge >= 0.3 is 0 Å². The number of hydrogen-bond donors (Lipinski definition) is 1. The quantitative estimate of drug-likeness (QED) is 0.814. The summed E-state index contributed by atoms with van der Waals surface area (Å²) in [5.41, 5.74) is 0.815. The maximum absolute atomic E-state index is 14.1. The van der Waals surface area contributed by atoms with E-state index in [1.165, 1.54) is 25.7 Å². The van der Waals surface area contributed by atoms with Gasteiger partial charge in [-0.15, -0.1) is 0 Å². The first-order valence-electron chi connectivity index (χ1n) is 7.30. The molecule has 2 rings (SSSR count). The molecule has 0 aromatic heterocycles. The zero-order chi connectivity index (χ0) is 13.8. The van der Waals surface area contributed by atoms with Crippen molar-refractivity contribution in [3.05, 3.63) is 34.1 Å². The first kappa shape index (κ1) is 15.0. The second kappa shape index (κ2) is 6.85. The Morgan fingerprint density at radius 2 is 2.21 bits per heavy atom. The van der Waals surface area contributed by atoms with Gasteiger partial charge in [0.25, 0.3) is 0 Å². The second-order valence-electron chi connectivity index (χ2n) is 5.73. The molecule has 3 atom stereocenters. The molecule has 106 valence electrons. The summed E-state index contributed by atoms with van der Waals surface area (Å²) < 4.78 is 15.1. The molecule has 0 saturated heterocycles. The summed E-state index contributed by atoms with van der Waals surface area (Å²) >= 11 is 3.46. The van der Waals surface area contributed by atoms with E-state index in [1.54, 1.807) is 12.1 Å². The summed E-state index contributed by atoms with van der Waals surface area (Å²) in [6, 6.07) is 5.41. The molecule has 1 aromatic rings. The van der Waals surface area contributed by atoms with Crippen LogP contribution >= 0.6 is 15.9 Å². The smallest absolute Gasteiger partial charge is 0.128 e. The van der Waals surface area contributed by atoms with Crippen LogP contribution in [0.5, 0.6) is 0 Å². The Bertz CT molecular complexity index is 421. The van der Waals surface area contributed by atoms with Gasteiger partial charge < -0.3 is 5.32 Å². The predicted molar refractivity (Wildman–Crippen MR) is 81.6 cm³/mol. The first-order chi connectivity index (χ1) is 9.11. The number of nitrogens with one attached hydrogen (secondary N) is 1. The average molecular weight is 328 g/mol. The molecule has 0 aliphatic heterocycles. The minimum atomic E-state index is -0.0904. The van der Waals surface area contributed by atoms with Crippen LogP contribution < -0.4 is 5.32 Å². The van der Waals surface area contributed by atoms with E-state index in [2.05, 4.69) is 35.1 Å². The second-order valence-corrected chi connectivity index (χ2v) is 6.65. The molecule has 1 fully saturated rings. The molecule has 19 heavy (non-hydrogen) atoms. The van der Waals surface area contributed by atoms with Crippen molar-refractivity contribution in [1.29, 1.82) is 0 Å². The van der Waals surface area contributed by atoms with E-state index in [9.17, 15) is 4.39 Å². The molecule has 1 nitrogen and oxygen atoms in total. The molecule has 1 aromatic carbocycles. The monoisotopic (exact) mass is 327 g/mol. The minimum absolute atomic E-state index is 0.0904. The number of hydrogen-bond acceptors (Lipinski definition) is 1. The molecule has 0 spiro atoms. The molecular weight excluding hydrogens is 305 g/mol.